The number of nitrogens with one attached hydrogen (secondary N) is 1. The minimum absolute atomic E-state index is 0.0154. The standard InChI is InChI=1S/C20H27N3O3/c24-19-5-1-4-17-13-9-14(12-23(17)19)18-10-15(6-8-22(18)11-13)26-20(25)16-3-2-7-21-16/h2-3,7,13-15,17-18,21H,1,4-6,8-12H2/t13-,14-,15+,17-,18+/m1/s1. The number of amides is 1. The van der Waals surface area contributed by atoms with Gasteiger partial charge in [0.2, 0.25) is 5.91 Å². The molecule has 1 aromatic heterocycles. The van der Waals surface area contributed by atoms with E-state index in [2.05, 4.69) is 14.8 Å². The van der Waals surface area contributed by atoms with Gasteiger partial charge in [-0.15, -0.1) is 0 Å². The van der Waals surface area contributed by atoms with E-state index in [9.17, 15) is 9.59 Å². The molecule has 4 saturated heterocycles. The van der Waals surface area contributed by atoms with E-state index in [1.54, 1.807) is 12.3 Å². The van der Waals surface area contributed by atoms with Crippen molar-refractivity contribution in [1.29, 1.82) is 0 Å². The van der Waals surface area contributed by atoms with E-state index < -0.39 is 0 Å². The van der Waals surface area contributed by atoms with Crippen LogP contribution in [0.4, 0.5) is 0 Å². The van der Waals surface area contributed by atoms with Gasteiger partial charge in [-0.05, 0) is 49.7 Å². The number of piperidine rings is 4. The summed E-state index contributed by atoms with van der Waals surface area (Å²) >= 11 is 0. The molecule has 2 bridgehead atoms. The quantitative estimate of drug-likeness (QED) is 0.823. The van der Waals surface area contributed by atoms with Crippen LogP contribution in [0, 0.1) is 11.8 Å². The van der Waals surface area contributed by atoms with Gasteiger partial charge in [0, 0.05) is 50.8 Å². The van der Waals surface area contributed by atoms with Gasteiger partial charge in [0.15, 0.2) is 0 Å². The molecule has 4 fully saturated rings. The Kier molecular flexibility index (Phi) is 4.03. The van der Waals surface area contributed by atoms with Crippen molar-refractivity contribution in [2.45, 2.75) is 56.7 Å². The lowest BCUT2D eigenvalue weighted by Crippen LogP contribution is -2.65. The third-order valence-electron chi connectivity index (χ3n) is 7.01. The molecule has 6 heteroatoms. The number of carbonyl (C=O) groups is 2. The second kappa shape index (κ2) is 6.41. The topological polar surface area (TPSA) is 65.6 Å². The average molecular weight is 357 g/mol. The summed E-state index contributed by atoms with van der Waals surface area (Å²) in [6.45, 7) is 3.01. The van der Waals surface area contributed by atoms with Crippen LogP contribution in [0.3, 0.4) is 0 Å². The highest BCUT2D eigenvalue weighted by molar-refractivity contribution is 5.87. The van der Waals surface area contributed by atoms with Crippen molar-refractivity contribution in [3.05, 3.63) is 24.0 Å². The molecule has 5 rings (SSSR count). The van der Waals surface area contributed by atoms with Gasteiger partial charge in [-0.3, -0.25) is 9.69 Å². The van der Waals surface area contributed by atoms with E-state index in [1.807, 2.05) is 6.07 Å². The number of hydrogen-bond donors (Lipinski definition) is 1. The Morgan fingerprint density at radius 1 is 1.15 bits per heavy atom. The maximum absolute atomic E-state index is 12.4. The van der Waals surface area contributed by atoms with Crippen LogP contribution in [0.5, 0.6) is 0 Å². The Morgan fingerprint density at radius 3 is 2.88 bits per heavy atom. The Balaban J connectivity index is 1.28. The molecule has 4 aliphatic rings. The summed E-state index contributed by atoms with van der Waals surface area (Å²) in [6.07, 6.45) is 7.73. The maximum Gasteiger partial charge on any atom is 0.355 e. The van der Waals surface area contributed by atoms with E-state index in [1.165, 1.54) is 12.8 Å². The minimum atomic E-state index is -0.253. The third kappa shape index (κ3) is 2.75. The number of fused-ring (bicyclic) bond motifs is 6. The van der Waals surface area contributed by atoms with Gasteiger partial charge in [-0.1, -0.05) is 0 Å². The van der Waals surface area contributed by atoms with Gasteiger partial charge in [-0.25, -0.2) is 4.79 Å². The van der Waals surface area contributed by atoms with Crippen LogP contribution in [0.2, 0.25) is 0 Å². The van der Waals surface area contributed by atoms with Crippen LogP contribution in [0.15, 0.2) is 18.3 Å². The predicted octanol–water partition coefficient (Wildman–Crippen LogP) is 2.04. The number of aromatic nitrogens is 1. The van der Waals surface area contributed by atoms with E-state index in [0.717, 1.165) is 45.3 Å². The Bertz CT molecular complexity index is 688. The molecule has 4 aliphatic heterocycles. The monoisotopic (exact) mass is 357 g/mol. The molecule has 0 aromatic carbocycles. The zero-order valence-electron chi connectivity index (χ0n) is 15.1. The minimum Gasteiger partial charge on any atom is -0.458 e. The first-order valence-electron chi connectivity index (χ1n) is 10.1. The normalized spacial score (nSPS) is 37.0. The molecule has 5 atom stereocenters. The van der Waals surface area contributed by atoms with Crippen LogP contribution < -0.4 is 0 Å². The van der Waals surface area contributed by atoms with Crippen LogP contribution in [-0.4, -0.2) is 64.5 Å². The lowest BCUT2D eigenvalue weighted by atomic mass is 9.70. The fourth-order valence-electron chi connectivity index (χ4n) is 5.83. The molecule has 1 amide bonds. The fourth-order valence-corrected chi connectivity index (χ4v) is 5.83. The summed E-state index contributed by atoms with van der Waals surface area (Å²) < 4.78 is 5.77. The highest BCUT2D eigenvalue weighted by Gasteiger charge is 2.49. The molecule has 0 spiro atoms. The highest BCUT2D eigenvalue weighted by atomic mass is 16.5. The van der Waals surface area contributed by atoms with Crippen molar-refractivity contribution < 1.29 is 14.3 Å². The molecule has 0 radical (unpaired) electrons. The molecule has 1 N–H and O–H groups in total. The van der Waals surface area contributed by atoms with Gasteiger partial charge < -0.3 is 14.6 Å². The van der Waals surface area contributed by atoms with E-state index in [0.29, 0.717) is 35.5 Å². The lowest BCUT2D eigenvalue weighted by molar-refractivity contribution is -0.150. The summed E-state index contributed by atoms with van der Waals surface area (Å²) in [6, 6.07) is 4.48. The third-order valence-corrected chi connectivity index (χ3v) is 7.01. The van der Waals surface area contributed by atoms with Gasteiger partial charge in [0.05, 0.1) is 0 Å². The van der Waals surface area contributed by atoms with Crippen molar-refractivity contribution in [3.63, 3.8) is 0 Å². The summed E-state index contributed by atoms with van der Waals surface area (Å²) in [7, 11) is 0. The van der Waals surface area contributed by atoms with Gasteiger partial charge in [-0.2, -0.15) is 0 Å². The van der Waals surface area contributed by atoms with Gasteiger partial charge >= 0.3 is 5.97 Å². The molecule has 1 aromatic rings. The Labute approximate surface area is 153 Å². The SMILES string of the molecule is O=C(O[C@H]1CCN2C[C@H]3C[C@H](CN4C(=O)CCC[C@H]34)[C@@H]2C1)c1ccc[nH]1. The van der Waals surface area contributed by atoms with E-state index >= 15 is 0 Å². The first-order chi connectivity index (χ1) is 12.7. The number of carbonyl (C=O) groups excluding carboxylic acids is 2. The largest absolute Gasteiger partial charge is 0.458 e. The number of hydrogen-bond acceptors (Lipinski definition) is 4. The van der Waals surface area contributed by atoms with Crippen molar-refractivity contribution >= 4 is 11.9 Å². The summed E-state index contributed by atoms with van der Waals surface area (Å²) in [5, 5.41) is 0. The number of nitrogens with zero attached hydrogens (tertiary/aromatic N) is 2. The maximum atomic E-state index is 12.4. The summed E-state index contributed by atoms with van der Waals surface area (Å²) in [5.41, 5.74) is 0.524. The van der Waals surface area contributed by atoms with Gasteiger partial charge in [0.1, 0.15) is 11.8 Å². The van der Waals surface area contributed by atoms with Gasteiger partial charge in [0.25, 0.3) is 0 Å². The van der Waals surface area contributed by atoms with E-state index in [4.69, 9.17) is 4.74 Å². The number of aromatic amines is 1. The van der Waals surface area contributed by atoms with Crippen LogP contribution in [0.1, 0.15) is 49.0 Å². The zero-order valence-corrected chi connectivity index (χ0v) is 15.1. The van der Waals surface area contributed by atoms with Crippen LogP contribution in [-0.2, 0) is 9.53 Å². The number of H-pyrrole nitrogens is 1. The van der Waals surface area contributed by atoms with Crippen LogP contribution >= 0.6 is 0 Å². The van der Waals surface area contributed by atoms with Crippen molar-refractivity contribution in [1.82, 2.24) is 14.8 Å². The molecular weight excluding hydrogens is 330 g/mol. The van der Waals surface area contributed by atoms with Crippen molar-refractivity contribution in [3.8, 4) is 0 Å². The second-order valence-electron chi connectivity index (χ2n) is 8.46. The number of ether oxygens (including phenoxy) is 1. The molecule has 26 heavy (non-hydrogen) atoms. The lowest BCUT2D eigenvalue weighted by Gasteiger charge is -2.57. The van der Waals surface area contributed by atoms with Crippen LogP contribution in [0.25, 0.3) is 0 Å². The second-order valence-corrected chi connectivity index (χ2v) is 8.46. The molecule has 5 heterocycles. The molecule has 0 aliphatic carbocycles. The molecule has 0 unspecified atom stereocenters. The smallest absolute Gasteiger partial charge is 0.355 e. The molecular formula is C20H27N3O3. The molecule has 0 saturated carbocycles. The highest BCUT2D eigenvalue weighted by Crippen LogP contribution is 2.43. The number of rotatable bonds is 2. The Morgan fingerprint density at radius 2 is 2.04 bits per heavy atom. The average Bonchev–Trinajstić information content (AvgIpc) is 3.18. The zero-order chi connectivity index (χ0) is 17.7. The Hall–Kier alpha value is -1.82. The van der Waals surface area contributed by atoms with Crippen molar-refractivity contribution in [2.24, 2.45) is 11.8 Å². The number of esters is 1. The van der Waals surface area contributed by atoms with E-state index in [-0.39, 0.29) is 12.1 Å². The van der Waals surface area contributed by atoms with Crippen molar-refractivity contribution in [2.75, 3.05) is 19.6 Å². The molecule has 6 nitrogen and oxygen atoms in total. The summed E-state index contributed by atoms with van der Waals surface area (Å²) in [5.74, 6) is 1.26. The molecule has 140 valence electrons. The first kappa shape index (κ1) is 16.4. The fraction of sp³-hybridized carbons (Fsp3) is 0.700. The summed E-state index contributed by atoms with van der Waals surface area (Å²) in [4.78, 5) is 32.4. The first-order valence-corrected chi connectivity index (χ1v) is 10.1. The predicted molar refractivity (Wildman–Crippen MR) is 95.5 cm³/mol.